The number of para-hydroxylation sites is 1. The third-order valence-corrected chi connectivity index (χ3v) is 3.62. The van der Waals surface area contributed by atoms with Crippen molar-refractivity contribution in [2.24, 2.45) is 0 Å². The number of benzene rings is 1. The van der Waals surface area contributed by atoms with Gasteiger partial charge in [0.05, 0.1) is 12.1 Å². The lowest BCUT2D eigenvalue weighted by atomic mass is 10.0. The third kappa shape index (κ3) is 4.72. The van der Waals surface area contributed by atoms with Crippen LogP contribution in [0.25, 0.3) is 16.5 Å². The molecule has 0 aliphatic heterocycles. The summed E-state index contributed by atoms with van der Waals surface area (Å²) in [6.07, 6.45) is 2.03. The molecule has 2 rings (SSSR count). The van der Waals surface area contributed by atoms with Crippen LogP contribution in [0, 0.1) is 0 Å². The second kappa shape index (κ2) is 7.55. The average Bonchev–Trinajstić information content (AvgIpc) is 2.91. The first-order valence-electron chi connectivity index (χ1n) is 8.40. The molecule has 0 atom stereocenters. The SMILES string of the molecule is C=C(CCC(=O)OCC)c1cn(C(=O)OC(C)(C)C)c2ccccc12. The van der Waals surface area contributed by atoms with Gasteiger partial charge in [0.1, 0.15) is 5.60 Å². The van der Waals surface area contributed by atoms with Crippen molar-refractivity contribution in [2.75, 3.05) is 6.61 Å². The Hall–Kier alpha value is -2.56. The van der Waals surface area contributed by atoms with Gasteiger partial charge in [0.15, 0.2) is 0 Å². The van der Waals surface area contributed by atoms with Crippen LogP contribution < -0.4 is 0 Å². The van der Waals surface area contributed by atoms with Crippen LogP contribution in [0.3, 0.4) is 0 Å². The Bertz CT molecular complexity index is 796. The molecule has 0 fully saturated rings. The lowest BCUT2D eigenvalue weighted by Crippen LogP contribution is -2.26. The van der Waals surface area contributed by atoms with E-state index in [1.54, 1.807) is 13.1 Å². The summed E-state index contributed by atoms with van der Waals surface area (Å²) < 4.78 is 11.9. The summed E-state index contributed by atoms with van der Waals surface area (Å²) in [5, 5.41) is 0.905. The van der Waals surface area contributed by atoms with Crippen LogP contribution in [0.5, 0.6) is 0 Å². The van der Waals surface area contributed by atoms with E-state index in [0.29, 0.717) is 13.0 Å². The molecule has 134 valence electrons. The van der Waals surface area contributed by atoms with E-state index >= 15 is 0 Å². The fraction of sp³-hybridized carbons (Fsp3) is 0.400. The Labute approximate surface area is 148 Å². The first-order valence-corrected chi connectivity index (χ1v) is 8.40. The zero-order valence-corrected chi connectivity index (χ0v) is 15.3. The van der Waals surface area contributed by atoms with Crippen molar-refractivity contribution in [1.82, 2.24) is 4.57 Å². The lowest BCUT2D eigenvalue weighted by molar-refractivity contribution is -0.142. The smallest absolute Gasteiger partial charge is 0.419 e. The maximum Gasteiger partial charge on any atom is 0.419 e. The fourth-order valence-electron chi connectivity index (χ4n) is 2.54. The number of carbonyl (C=O) groups excluding carboxylic acids is 2. The minimum Gasteiger partial charge on any atom is -0.466 e. The van der Waals surface area contributed by atoms with E-state index in [4.69, 9.17) is 9.47 Å². The van der Waals surface area contributed by atoms with Crippen LogP contribution in [0.4, 0.5) is 4.79 Å². The highest BCUT2D eigenvalue weighted by molar-refractivity contribution is 5.98. The molecule has 5 nitrogen and oxygen atoms in total. The topological polar surface area (TPSA) is 57.5 Å². The molecule has 0 saturated heterocycles. The number of fused-ring (bicyclic) bond motifs is 1. The van der Waals surface area contributed by atoms with Crippen LogP contribution in [-0.4, -0.2) is 28.8 Å². The van der Waals surface area contributed by atoms with E-state index in [2.05, 4.69) is 6.58 Å². The molecular weight excluding hydrogens is 318 g/mol. The Morgan fingerprint density at radius 3 is 2.48 bits per heavy atom. The summed E-state index contributed by atoms with van der Waals surface area (Å²) in [5.74, 6) is -0.250. The zero-order valence-electron chi connectivity index (χ0n) is 15.3. The number of esters is 1. The van der Waals surface area contributed by atoms with E-state index in [9.17, 15) is 9.59 Å². The summed E-state index contributed by atoms with van der Waals surface area (Å²) in [6, 6.07) is 7.57. The average molecular weight is 343 g/mol. The molecule has 0 aliphatic rings. The van der Waals surface area contributed by atoms with Gasteiger partial charge in [0.2, 0.25) is 0 Å². The van der Waals surface area contributed by atoms with Crippen molar-refractivity contribution in [1.29, 1.82) is 0 Å². The molecule has 0 unspecified atom stereocenters. The largest absolute Gasteiger partial charge is 0.466 e. The lowest BCUT2D eigenvalue weighted by Gasteiger charge is -2.19. The van der Waals surface area contributed by atoms with Gasteiger partial charge in [-0.15, -0.1) is 0 Å². The predicted molar refractivity (Wildman–Crippen MR) is 98.5 cm³/mol. The van der Waals surface area contributed by atoms with Gasteiger partial charge in [-0.3, -0.25) is 9.36 Å². The van der Waals surface area contributed by atoms with Crippen LogP contribution in [0.2, 0.25) is 0 Å². The molecule has 2 aromatic rings. The second-order valence-electron chi connectivity index (χ2n) is 6.82. The quantitative estimate of drug-likeness (QED) is 0.733. The van der Waals surface area contributed by atoms with Gasteiger partial charge in [0.25, 0.3) is 0 Å². The van der Waals surface area contributed by atoms with Gasteiger partial charge in [-0.1, -0.05) is 24.8 Å². The number of rotatable bonds is 5. The Morgan fingerprint density at radius 2 is 1.84 bits per heavy atom. The van der Waals surface area contributed by atoms with Crippen molar-refractivity contribution in [3.8, 4) is 0 Å². The molecule has 0 amide bonds. The zero-order chi connectivity index (χ0) is 18.6. The van der Waals surface area contributed by atoms with Gasteiger partial charge in [0, 0.05) is 23.6 Å². The molecule has 0 N–H and O–H groups in total. The van der Waals surface area contributed by atoms with Crippen LogP contribution in [0.15, 0.2) is 37.0 Å². The molecule has 0 saturated carbocycles. The second-order valence-corrected chi connectivity index (χ2v) is 6.82. The van der Waals surface area contributed by atoms with E-state index in [-0.39, 0.29) is 12.4 Å². The van der Waals surface area contributed by atoms with Crippen molar-refractivity contribution in [3.05, 3.63) is 42.6 Å². The van der Waals surface area contributed by atoms with Crippen LogP contribution >= 0.6 is 0 Å². The molecule has 0 aliphatic carbocycles. The van der Waals surface area contributed by atoms with E-state index in [1.165, 1.54) is 4.57 Å². The summed E-state index contributed by atoms with van der Waals surface area (Å²) >= 11 is 0. The van der Waals surface area contributed by atoms with E-state index in [1.807, 2.05) is 45.0 Å². The highest BCUT2D eigenvalue weighted by Gasteiger charge is 2.21. The van der Waals surface area contributed by atoms with Crippen molar-refractivity contribution >= 4 is 28.5 Å². The molecule has 25 heavy (non-hydrogen) atoms. The van der Waals surface area contributed by atoms with E-state index in [0.717, 1.165) is 22.0 Å². The van der Waals surface area contributed by atoms with Gasteiger partial charge < -0.3 is 9.47 Å². The minimum absolute atomic E-state index is 0.250. The van der Waals surface area contributed by atoms with Crippen molar-refractivity contribution in [3.63, 3.8) is 0 Å². The van der Waals surface area contributed by atoms with Gasteiger partial charge in [-0.2, -0.15) is 0 Å². The molecule has 0 radical (unpaired) electrons. The van der Waals surface area contributed by atoms with Gasteiger partial charge in [-0.25, -0.2) is 4.79 Å². The van der Waals surface area contributed by atoms with Crippen LogP contribution in [0.1, 0.15) is 46.1 Å². The molecule has 1 heterocycles. The van der Waals surface area contributed by atoms with Gasteiger partial charge in [-0.05, 0) is 45.8 Å². The summed E-state index contributed by atoms with van der Waals surface area (Å²) in [4.78, 5) is 24.1. The molecule has 5 heteroatoms. The monoisotopic (exact) mass is 343 g/mol. The first kappa shape index (κ1) is 18.8. The van der Waals surface area contributed by atoms with Crippen LogP contribution in [-0.2, 0) is 14.3 Å². The molecule has 1 aromatic carbocycles. The van der Waals surface area contributed by atoms with Crippen molar-refractivity contribution in [2.45, 2.75) is 46.1 Å². The Morgan fingerprint density at radius 1 is 1.16 bits per heavy atom. The summed E-state index contributed by atoms with van der Waals surface area (Å²) in [5.41, 5.74) is 1.80. The standard InChI is InChI=1S/C20H25NO4/c1-6-24-18(22)12-11-14(2)16-13-21(19(23)25-20(3,4)5)17-10-8-7-9-15(16)17/h7-10,13H,2,6,11-12H2,1,3-5H3. The fourth-order valence-corrected chi connectivity index (χ4v) is 2.54. The number of nitrogens with zero attached hydrogens (tertiary/aromatic N) is 1. The molecule has 1 aromatic heterocycles. The predicted octanol–water partition coefficient (Wildman–Crippen LogP) is 4.78. The third-order valence-electron chi connectivity index (χ3n) is 3.62. The maximum absolute atomic E-state index is 12.5. The number of carbonyl (C=O) groups is 2. The summed E-state index contributed by atoms with van der Waals surface area (Å²) in [6.45, 7) is 11.7. The molecular formula is C20H25NO4. The maximum atomic E-state index is 12.5. The Kier molecular flexibility index (Phi) is 5.67. The number of aromatic nitrogens is 1. The van der Waals surface area contributed by atoms with Gasteiger partial charge >= 0.3 is 12.1 Å². The summed E-state index contributed by atoms with van der Waals surface area (Å²) in [7, 11) is 0. The minimum atomic E-state index is -0.580. The normalized spacial score (nSPS) is 11.4. The number of ether oxygens (including phenoxy) is 2. The highest BCUT2D eigenvalue weighted by Crippen LogP contribution is 2.29. The highest BCUT2D eigenvalue weighted by atomic mass is 16.6. The first-order chi connectivity index (χ1) is 11.7. The molecule has 0 bridgehead atoms. The number of hydrogen-bond donors (Lipinski definition) is 0. The van der Waals surface area contributed by atoms with Crippen molar-refractivity contribution < 1.29 is 19.1 Å². The number of hydrogen-bond acceptors (Lipinski definition) is 4. The van der Waals surface area contributed by atoms with E-state index < -0.39 is 11.7 Å². The Balaban J connectivity index is 2.30. The molecule has 0 spiro atoms. The number of allylic oxidation sites excluding steroid dienone is 1.